The van der Waals surface area contributed by atoms with Gasteiger partial charge in [-0.25, -0.2) is 0 Å². The summed E-state index contributed by atoms with van der Waals surface area (Å²) in [5.74, 6) is -0.0651. The Morgan fingerprint density at radius 3 is 2.74 bits per heavy atom. The summed E-state index contributed by atoms with van der Waals surface area (Å²) < 4.78 is 0. The molecule has 2 amide bonds. The van der Waals surface area contributed by atoms with Gasteiger partial charge in [-0.05, 0) is 25.0 Å². The molecule has 102 valence electrons. The van der Waals surface area contributed by atoms with Crippen LogP contribution >= 0.6 is 0 Å². The van der Waals surface area contributed by atoms with E-state index < -0.39 is 0 Å². The topological polar surface area (TPSA) is 62.3 Å². The molecule has 1 aromatic rings. The number of carbonyl (C=O) groups excluding carboxylic acids is 2. The summed E-state index contributed by atoms with van der Waals surface area (Å²) in [6, 6.07) is 3.46. The zero-order valence-electron chi connectivity index (χ0n) is 11.0. The van der Waals surface area contributed by atoms with Gasteiger partial charge < -0.3 is 10.2 Å². The van der Waals surface area contributed by atoms with Gasteiger partial charge >= 0.3 is 0 Å². The first kappa shape index (κ1) is 13.5. The van der Waals surface area contributed by atoms with Gasteiger partial charge in [-0.1, -0.05) is 12.8 Å². The molecule has 1 fully saturated rings. The van der Waals surface area contributed by atoms with Crippen molar-refractivity contribution in [3.63, 3.8) is 0 Å². The van der Waals surface area contributed by atoms with Gasteiger partial charge in [0.05, 0.1) is 6.54 Å². The van der Waals surface area contributed by atoms with Crippen molar-refractivity contribution in [3.8, 4) is 0 Å². The lowest BCUT2D eigenvalue weighted by molar-refractivity contribution is -0.135. The lowest BCUT2D eigenvalue weighted by Crippen LogP contribution is -2.39. The highest BCUT2D eigenvalue weighted by molar-refractivity contribution is 5.94. The molecule has 1 aliphatic rings. The molecule has 1 saturated heterocycles. The average Bonchev–Trinajstić information content (AvgIpc) is 2.40. The number of amides is 2. The Kier molecular flexibility index (Phi) is 4.89. The Morgan fingerprint density at radius 1 is 1.21 bits per heavy atom. The first-order valence-electron chi connectivity index (χ1n) is 6.73. The van der Waals surface area contributed by atoms with Gasteiger partial charge in [-0.15, -0.1) is 0 Å². The highest BCUT2D eigenvalue weighted by Gasteiger charge is 2.18. The molecule has 2 heterocycles. The van der Waals surface area contributed by atoms with Gasteiger partial charge in [0.25, 0.3) is 0 Å². The third kappa shape index (κ3) is 4.35. The third-order valence-corrected chi connectivity index (χ3v) is 3.22. The van der Waals surface area contributed by atoms with Crippen LogP contribution in [-0.4, -0.2) is 34.8 Å². The fraction of sp³-hybridized carbons (Fsp3) is 0.500. The molecular weight excluding hydrogens is 242 g/mol. The van der Waals surface area contributed by atoms with E-state index in [0.717, 1.165) is 25.7 Å². The molecule has 0 unspecified atom stereocenters. The van der Waals surface area contributed by atoms with Crippen molar-refractivity contribution in [2.75, 3.05) is 18.4 Å². The molecule has 1 aliphatic heterocycles. The number of nitrogens with zero attached hydrogens (tertiary/aromatic N) is 2. The summed E-state index contributed by atoms with van der Waals surface area (Å²) in [7, 11) is 0. The zero-order valence-corrected chi connectivity index (χ0v) is 11.0. The maximum Gasteiger partial charge on any atom is 0.243 e. The van der Waals surface area contributed by atoms with Crippen LogP contribution in [-0.2, 0) is 9.59 Å². The van der Waals surface area contributed by atoms with E-state index in [-0.39, 0.29) is 18.4 Å². The van der Waals surface area contributed by atoms with Gasteiger partial charge in [0, 0.05) is 31.0 Å². The summed E-state index contributed by atoms with van der Waals surface area (Å²) in [5.41, 5.74) is 0.708. The van der Waals surface area contributed by atoms with Gasteiger partial charge in [-0.3, -0.25) is 14.6 Å². The van der Waals surface area contributed by atoms with Gasteiger partial charge in [-0.2, -0.15) is 0 Å². The molecule has 1 N–H and O–H groups in total. The predicted octanol–water partition coefficient (Wildman–Crippen LogP) is 1.81. The van der Waals surface area contributed by atoms with Crippen LogP contribution < -0.4 is 5.32 Å². The summed E-state index contributed by atoms with van der Waals surface area (Å²) in [6.45, 7) is 0.823. The molecule has 0 aliphatic carbocycles. The maximum absolute atomic E-state index is 11.9. The smallest absolute Gasteiger partial charge is 0.243 e. The maximum atomic E-state index is 11.9. The van der Waals surface area contributed by atoms with Crippen LogP contribution in [0.4, 0.5) is 5.69 Å². The summed E-state index contributed by atoms with van der Waals surface area (Å²) in [5, 5.41) is 2.77. The lowest BCUT2D eigenvalue weighted by Gasteiger charge is -2.24. The van der Waals surface area contributed by atoms with Crippen LogP contribution in [0.1, 0.15) is 32.1 Å². The Balaban J connectivity index is 1.88. The monoisotopic (exact) mass is 261 g/mol. The number of likely N-dealkylation sites (tertiary alicyclic amines) is 1. The van der Waals surface area contributed by atoms with Crippen molar-refractivity contribution >= 4 is 17.5 Å². The second-order valence-corrected chi connectivity index (χ2v) is 4.76. The van der Waals surface area contributed by atoms with E-state index in [9.17, 15) is 9.59 Å². The molecule has 0 saturated carbocycles. The van der Waals surface area contributed by atoms with Crippen molar-refractivity contribution in [2.45, 2.75) is 32.1 Å². The van der Waals surface area contributed by atoms with E-state index >= 15 is 0 Å². The van der Waals surface area contributed by atoms with Crippen LogP contribution in [0.2, 0.25) is 0 Å². The zero-order chi connectivity index (χ0) is 13.5. The summed E-state index contributed by atoms with van der Waals surface area (Å²) >= 11 is 0. The number of aromatic nitrogens is 1. The van der Waals surface area contributed by atoms with E-state index in [1.165, 1.54) is 0 Å². The molecule has 0 radical (unpaired) electrons. The van der Waals surface area contributed by atoms with Crippen molar-refractivity contribution in [1.82, 2.24) is 9.88 Å². The molecule has 0 aromatic carbocycles. The molecule has 19 heavy (non-hydrogen) atoms. The Bertz CT molecular complexity index is 434. The van der Waals surface area contributed by atoms with Crippen molar-refractivity contribution in [1.29, 1.82) is 0 Å². The molecule has 0 spiro atoms. The number of rotatable bonds is 3. The molecule has 0 atom stereocenters. The Hall–Kier alpha value is -1.91. The number of carbonyl (C=O) groups is 2. The highest BCUT2D eigenvalue weighted by Crippen LogP contribution is 2.12. The van der Waals surface area contributed by atoms with E-state index in [1.54, 1.807) is 29.4 Å². The van der Waals surface area contributed by atoms with E-state index in [4.69, 9.17) is 0 Å². The molecule has 5 nitrogen and oxygen atoms in total. The summed E-state index contributed by atoms with van der Waals surface area (Å²) in [6.07, 6.45) is 7.96. The largest absolute Gasteiger partial charge is 0.333 e. The first-order chi connectivity index (χ1) is 9.25. The number of hydrogen-bond donors (Lipinski definition) is 1. The normalized spacial score (nSPS) is 16.6. The number of hydrogen-bond acceptors (Lipinski definition) is 3. The van der Waals surface area contributed by atoms with Crippen LogP contribution in [0.25, 0.3) is 0 Å². The lowest BCUT2D eigenvalue weighted by atomic mass is 10.1. The van der Waals surface area contributed by atoms with Gasteiger partial charge in [0.2, 0.25) is 11.8 Å². The van der Waals surface area contributed by atoms with E-state index in [2.05, 4.69) is 10.3 Å². The second kappa shape index (κ2) is 6.87. The third-order valence-electron chi connectivity index (χ3n) is 3.22. The minimum atomic E-state index is -0.153. The van der Waals surface area contributed by atoms with Crippen molar-refractivity contribution in [2.24, 2.45) is 0 Å². The Morgan fingerprint density at radius 2 is 1.95 bits per heavy atom. The average molecular weight is 261 g/mol. The van der Waals surface area contributed by atoms with E-state index in [0.29, 0.717) is 18.7 Å². The second-order valence-electron chi connectivity index (χ2n) is 4.76. The van der Waals surface area contributed by atoms with Crippen molar-refractivity contribution < 1.29 is 9.59 Å². The van der Waals surface area contributed by atoms with Crippen LogP contribution in [0, 0.1) is 0 Å². The Labute approximate surface area is 113 Å². The molecule has 0 bridgehead atoms. The summed E-state index contributed by atoms with van der Waals surface area (Å²) in [4.78, 5) is 29.3. The number of anilines is 1. The number of pyridine rings is 1. The van der Waals surface area contributed by atoms with Crippen molar-refractivity contribution in [3.05, 3.63) is 24.5 Å². The predicted molar refractivity (Wildman–Crippen MR) is 72.5 cm³/mol. The quantitative estimate of drug-likeness (QED) is 0.902. The first-order valence-corrected chi connectivity index (χ1v) is 6.73. The van der Waals surface area contributed by atoms with Crippen LogP contribution in [0.3, 0.4) is 0 Å². The van der Waals surface area contributed by atoms with Crippen LogP contribution in [0.15, 0.2) is 24.5 Å². The molecule has 2 rings (SSSR count). The number of nitrogens with one attached hydrogen (secondary N) is 1. The SMILES string of the molecule is O=C(CN1CCCCCCC1=O)Nc1ccncc1. The minimum Gasteiger partial charge on any atom is -0.333 e. The van der Waals surface area contributed by atoms with Gasteiger partial charge in [0.1, 0.15) is 0 Å². The molecule has 5 heteroatoms. The molecular formula is C14H19N3O2. The fourth-order valence-corrected chi connectivity index (χ4v) is 2.19. The minimum absolute atomic E-state index is 0.0876. The van der Waals surface area contributed by atoms with E-state index in [1.807, 2.05) is 0 Å². The standard InChI is InChI=1S/C14H19N3O2/c18-13(16-12-6-8-15-9-7-12)11-17-10-4-2-1-3-5-14(17)19/h6-9H,1-5,10-11H2,(H,15,16,18). The van der Waals surface area contributed by atoms with Crippen LogP contribution in [0.5, 0.6) is 0 Å². The van der Waals surface area contributed by atoms with Gasteiger partial charge in [0.15, 0.2) is 0 Å². The molecule has 1 aromatic heterocycles. The fourth-order valence-electron chi connectivity index (χ4n) is 2.19. The highest BCUT2D eigenvalue weighted by atomic mass is 16.2.